The molecule has 0 radical (unpaired) electrons. The van der Waals surface area contributed by atoms with Crippen LogP contribution in [0.3, 0.4) is 0 Å². The third-order valence-corrected chi connectivity index (χ3v) is 3.18. The Balaban J connectivity index is 2.00. The Morgan fingerprint density at radius 2 is 1.29 bits per heavy atom. The van der Waals surface area contributed by atoms with Crippen LogP contribution in [0.15, 0.2) is 48.5 Å². The first kappa shape index (κ1) is 17.9. The van der Waals surface area contributed by atoms with Crippen LogP contribution >= 0.6 is 0 Å². The molecule has 130 valence electrons. The maximum absolute atomic E-state index is 5.92. The molecule has 0 saturated carbocycles. The summed E-state index contributed by atoms with van der Waals surface area (Å²) in [5, 5.41) is 0. The molecule has 6 heteroatoms. The number of hydrogen-bond donors (Lipinski definition) is 2. The molecular formula is C18H24N2O4. The highest BCUT2D eigenvalue weighted by atomic mass is 16.7. The topological polar surface area (TPSA) is 89.0 Å². The van der Waals surface area contributed by atoms with E-state index in [0.29, 0.717) is 42.7 Å². The van der Waals surface area contributed by atoms with Crippen molar-refractivity contribution in [2.75, 3.05) is 37.9 Å². The van der Waals surface area contributed by atoms with Crippen molar-refractivity contribution in [3.8, 4) is 11.5 Å². The van der Waals surface area contributed by atoms with E-state index in [-0.39, 0.29) is 6.61 Å². The van der Waals surface area contributed by atoms with Gasteiger partial charge in [0.1, 0.15) is 18.1 Å². The lowest BCUT2D eigenvalue weighted by Gasteiger charge is -2.22. The molecule has 0 saturated heterocycles. The van der Waals surface area contributed by atoms with Gasteiger partial charge in [-0.3, -0.25) is 0 Å². The van der Waals surface area contributed by atoms with E-state index in [1.165, 1.54) is 0 Å². The van der Waals surface area contributed by atoms with Gasteiger partial charge in [-0.2, -0.15) is 0 Å². The van der Waals surface area contributed by atoms with Gasteiger partial charge in [-0.25, -0.2) is 0 Å². The van der Waals surface area contributed by atoms with Crippen LogP contribution in [0.25, 0.3) is 0 Å². The normalized spacial score (nSPS) is 10.8. The minimum Gasteiger partial charge on any atom is -0.450 e. The van der Waals surface area contributed by atoms with Gasteiger partial charge in [-0.15, -0.1) is 0 Å². The summed E-state index contributed by atoms with van der Waals surface area (Å²) in [6.45, 7) is 3.78. The number of anilines is 2. The number of hydrogen-bond acceptors (Lipinski definition) is 6. The van der Waals surface area contributed by atoms with E-state index in [4.69, 9.17) is 30.4 Å². The summed E-state index contributed by atoms with van der Waals surface area (Å²) in [5.74, 6) is 1.07. The van der Waals surface area contributed by atoms with Crippen molar-refractivity contribution >= 4 is 11.4 Å². The summed E-state index contributed by atoms with van der Waals surface area (Å²) in [6.07, 6.45) is -0.680. The summed E-state index contributed by atoms with van der Waals surface area (Å²) in [6, 6.07) is 14.4. The maximum Gasteiger partial charge on any atom is 0.264 e. The van der Waals surface area contributed by atoms with Gasteiger partial charge < -0.3 is 30.4 Å². The second kappa shape index (κ2) is 9.64. The van der Waals surface area contributed by atoms with Crippen molar-refractivity contribution in [1.29, 1.82) is 0 Å². The van der Waals surface area contributed by atoms with Crippen molar-refractivity contribution in [3.63, 3.8) is 0 Å². The molecule has 4 N–H and O–H groups in total. The molecule has 6 nitrogen and oxygen atoms in total. The van der Waals surface area contributed by atoms with Crippen LogP contribution in [0.2, 0.25) is 0 Å². The van der Waals surface area contributed by atoms with Crippen molar-refractivity contribution in [3.05, 3.63) is 48.5 Å². The molecule has 0 amide bonds. The van der Waals surface area contributed by atoms with E-state index in [1.54, 1.807) is 24.3 Å². The standard InChI is InChI=1S/C18H24N2O4/c1-2-21-11-12-22-13-18(23-16-9-5-3-7-14(16)19)24-17-10-6-4-8-15(17)20/h3-10,18H,2,11-13,19-20H2,1H3. The van der Waals surface area contributed by atoms with E-state index < -0.39 is 6.29 Å². The zero-order valence-corrected chi connectivity index (χ0v) is 13.8. The van der Waals surface area contributed by atoms with Crippen LogP contribution in [0.1, 0.15) is 6.92 Å². The molecule has 0 aromatic heterocycles. The van der Waals surface area contributed by atoms with E-state index in [0.717, 1.165) is 0 Å². The molecule has 0 heterocycles. The molecule has 0 aliphatic carbocycles. The monoisotopic (exact) mass is 332 g/mol. The highest BCUT2D eigenvalue weighted by Gasteiger charge is 2.15. The van der Waals surface area contributed by atoms with E-state index in [2.05, 4.69) is 0 Å². The molecule has 2 aromatic rings. The number of ether oxygens (including phenoxy) is 4. The molecule has 2 rings (SSSR count). The Labute approximate surface area is 142 Å². The molecule has 2 aromatic carbocycles. The average Bonchev–Trinajstić information content (AvgIpc) is 2.58. The average molecular weight is 332 g/mol. The molecule has 0 bridgehead atoms. The summed E-state index contributed by atoms with van der Waals surface area (Å²) in [5.41, 5.74) is 12.9. The number of para-hydroxylation sites is 4. The van der Waals surface area contributed by atoms with Gasteiger partial charge >= 0.3 is 0 Å². The Morgan fingerprint density at radius 1 is 0.792 bits per heavy atom. The van der Waals surface area contributed by atoms with Crippen LogP contribution in [-0.2, 0) is 9.47 Å². The maximum atomic E-state index is 5.92. The molecular weight excluding hydrogens is 308 g/mol. The van der Waals surface area contributed by atoms with Gasteiger partial charge in [-0.1, -0.05) is 24.3 Å². The van der Waals surface area contributed by atoms with Gasteiger partial charge in [0.25, 0.3) is 6.29 Å². The minimum atomic E-state index is -0.680. The van der Waals surface area contributed by atoms with Crippen molar-refractivity contribution in [2.45, 2.75) is 13.2 Å². The van der Waals surface area contributed by atoms with Gasteiger partial charge in [0.05, 0.1) is 24.6 Å². The van der Waals surface area contributed by atoms with Crippen molar-refractivity contribution in [1.82, 2.24) is 0 Å². The molecule has 0 atom stereocenters. The third-order valence-electron chi connectivity index (χ3n) is 3.18. The third kappa shape index (κ3) is 5.64. The zero-order chi connectivity index (χ0) is 17.2. The lowest BCUT2D eigenvalue weighted by molar-refractivity contribution is -0.0677. The fourth-order valence-corrected chi connectivity index (χ4v) is 1.99. The van der Waals surface area contributed by atoms with Crippen LogP contribution in [-0.4, -0.2) is 32.7 Å². The SMILES string of the molecule is CCOCCOCC(Oc1ccccc1N)Oc1ccccc1N. The first-order chi connectivity index (χ1) is 11.7. The van der Waals surface area contributed by atoms with E-state index in [1.807, 2.05) is 31.2 Å². The predicted octanol–water partition coefficient (Wildman–Crippen LogP) is 2.69. The minimum absolute atomic E-state index is 0.218. The van der Waals surface area contributed by atoms with Gasteiger partial charge in [-0.05, 0) is 31.2 Å². The Kier molecular flexibility index (Phi) is 7.20. The quantitative estimate of drug-likeness (QED) is 0.395. The summed E-state index contributed by atoms with van der Waals surface area (Å²) < 4.78 is 22.5. The smallest absolute Gasteiger partial charge is 0.264 e. The second-order valence-corrected chi connectivity index (χ2v) is 5.01. The first-order valence-electron chi connectivity index (χ1n) is 7.88. The molecule has 0 aliphatic heterocycles. The lowest BCUT2D eigenvalue weighted by atomic mass is 10.3. The molecule has 24 heavy (non-hydrogen) atoms. The summed E-state index contributed by atoms with van der Waals surface area (Å²) >= 11 is 0. The zero-order valence-electron chi connectivity index (χ0n) is 13.8. The largest absolute Gasteiger partial charge is 0.450 e. The van der Waals surface area contributed by atoms with E-state index >= 15 is 0 Å². The van der Waals surface area contributed by atoms with E-state index in [9.17, 15) is 0 Å². The van der Waals surface area contributed by atoms with Crippen LogP contribution in [0.4, 0.5) is 11.4 Å². The van der Waals surface area contributed by atoms with Gasteiger partial charge in [0.2, 0.25) is 0 Å². The summed E-state index contributed by atoms with van der Waals surface area (Å²) in [4.78, 5) is 0. The van der Waals surface area contributed by atoms with Crippen LogP contribution in [0, 0.1) is 0 Å². The fraction of sp³-hybridized carbons (Fsp3) is 0.333. The Morgan fingerprint density at radius 3 is 1.79 bits per heavy atom. The second-order valence-electron chi connectivity index (χ2n) is 5.01. The molecule has 0 unspecified atom stereocenters. The van der Waals surface area contributed by atoms with Crippen LogP contribution in [0.5, 0.6) is 11.5 Å². The number of nitrogens with two attached hydrogens (primary N) is 2. The van der Waals surface area contributed by atoms with Crippen molar-refractivity contribution < 1.29 is 18.9 Å². The Bertz CT molecular complexity index is 574. The van der Waals surface area contributed by atoms with Gasteiger partial charge in [0.15, 0.2) is 0 Å². The highest BCUT2D eigenvalue weighted by Crippen LogP contribution is 2.25. The number of benzene rings is 2. The number of nitrogen functional groups attached to an aromatic ring is 2. The predicted molar refractivity (Wildman–Crippen MR) is 94.1 cm³/mol. The van der Waals surface area contributed by atoms with Gasteiger partial charge in [0, 0.05) is 6.61 Å². The van der Waals surface area contributed by atoms with Crippen LogP contribution < -0.4 is 20.9 Å². The Hall–Kier alpha value is -2.44. The fourth-order valence-electron chi connectivity index (χ4n) is 1.99. The highest BCUT2D eigenvalue weighted by molar-refractivity contribution is 5.53. The summed E-state index contributed by atoms with van der Waals surface area (Å²) in [7, 11) is 0. The molecule has 0 fully saturated rings. The number of rotatable bonds is 10. The first-order valence-corrected chi connectivity index (χ1v) is 7.88. The molecule has 0 spiro atoms. The van der Waals surface area contributed by atoms with Crippen molar-refractivity contribution in [2.24, 2.45) is 0 Å². The molecule has 0 aliphatic rings. The lowest BCUT2D eigenvalue weighted by Crippen LogP contribution is -2.30.